The molecule has 3 aliphatic rings. The SMILES string of the molecule is C=CCN(CCC)C(=O)[C@@H]1[C@H]2C(=O)N(CCCCCO)C(C(=O)N(CC=C)c3ccc(OC)cc3)C23CC[C@H]1O3. The molecule has 1 spiro atoms. The van der Waals surface area contributed by atoms with Gasteiger partial charge in [0.25, 0.3) is 5.91 Å². The Morgan fingerprint density at radius 2 is 1.88 bits per heavy atom. The van der Waals surface area contributed by atoms with Gasteiger partial charge in [-0.3, -0.25) is 14.4 Å². The van der Waals surface area contributed by atoms with Gasteiger partial charge in [-0.05, 0) is 62.8 Å². The van der Waals surface area contributed by atoms with E-state index in [1.54, 1.807) is 46.1 Å². The van der Waals surface area contributed by atoms with Crippen molar-refractivity contribution in [2.45, 2.75) is 63.2 Å². The fourth-order valence-electron chi connectivity index (χ4n) is 6.81. The highest BCUT2D eigenvalue weighted by Crippen LogP contribution is 2.59. The first-order valence-corrected chi connectivity index (χ1v) is 14.4. The molecule has 218 valence electrons. The van der Waals surface area contributed by atoms with Crippen molar-refractivity contribution in [2.24, 2.45) is 11.8 Å². The molecule has 3 amide bonds. The Morgan fingerprint density at radius 3 is 2.50 bits per heavy atom. The van der Waals surface area contributed by atoms with E-state index in [0.717, 1.165) is 12.8 Å². The molecule has 0 radical (unpaired) electrons. The summed E-state index contributed by atoms with van der Waals surface area (Å²) in [7, 11) is 1.59. The van der Waals surface area contributed by atoms with E-state index >= 15 is 0 Å². The van der Waals surface area contributed by atoms with E-state index in [-0.39, 0.29) is 30.9 Å². The predicted molar refractivity (Wildman–Crippen MR) is 153 cm³/mol. The van der Waals surface area contributed by atoms with Gasteiger partial charge in [0.2, 0.25) is 11.8 Å². The molecule has 1 aromatic rings. The van der Waals surface area contributed by atoms with Gasteiger partial charge in [-0.1, -0.05) is 19.1 Å². The lowest BCUT2D eigenvalue weighted by Gasteiger charge is -2.37. The monoisotopic (exact) mass is 553 g/mol. The van der Waals surface area contributed by atoms with Crippen molar-refractivity contribution < 1.29 is 29.0 Å². The number of likely N-dealkylation sites (tertiary alicyclic amines) is 1. The smallest absolute Gasteiger partial charge is 0.253 e. The molecule has 2 unspecified atom stereocenters. The Bertz CT molecular complexity index is 1090. The van der Waals surface area contributed by atoms with E-state index in [2.05, 4.69) is 13.2 Å². The zero-order chi connectivity index (χ0) is 28.9. The lowest BCUT2D eigenvalue weighted by molar-refractivity contribution is -0.145. The molecule has 3 heterocycles. The second-order valence-corrected chi connectivity index (χ2v) is 10.9. The van der Waals surface area contributed by atoms with Crippen LogP contribution in [0.3, 0.4) is 0 Å². The number of hydrogen-bond acceptors (Lipinski definition) is 6. The minimum absolute atomic E-state index is 0.0748. The predicted octanol–water partition coefficient (Wildman–Crippen LogP) is 3.18. The third kappa shape index (κ3) is 5.29. The van der Waals surface area contributed by atoms with Crippen molar-refractivity contribution in [1.82, 2.24) is 9.80 Å². The van der Waals surface area contributed by atoms with Crippen molar-refractivity contribution in [3.63, 3.8) is 0 Å². The van der Waals surface area contributed by atoms with Gasteiger partial charge in [-0.2, -0.15) is 0 Å². The molecule has 1 N–H and O–H groups in total. The highest BCUT2D eigenvalue weighted by atomic mass is 16.5. The highest BCUT2D eigenvalue weighted by Gasteiger charge is 2.74. The number of hydrogen-bond donors (Lipinski definition) is 1. The number of methoxy groups -OCH3 is 1. The molecule has 2 bridgehead atoms. The van der Waals surface area contributed by atoms with Crippen molar-refractivity contribution in [3.8, 4) is 5.75 Å². The third-order valence-electron chi connectivity index (χ3n) is 8.49. The molecule has 9 heteroatoms. The lowest BCUT2D eigenvalue weighted by atomic mass is 9.70. The van der Waals surface area contributed by atoms with E-state index in [1.807, 2.05) is 19.1 Å². The van der Waals surface area contributed by atoms with E-state index in [1.165, 1.54) is 0 Å². The summed E-state index contributed by atoms with van der Waals surface area (Å²) in [4.78, 5) is 47.6. The molecule has 3 fully saturated rings. The molecule has 4 rings (SSSR count). The first-order valence-electron chi connectivity index (χ1n) is 14.4. The maximum Gasteiger partial charge on any atom is 0.253 e. The van der Waals surface area contributed by atoms with Crippen LogP contribution in [-0.4, -0.2) is 90.3 Å². The first kappa shape index (κ1) is 29.8. The third-order valence-corrected chi connectivity index (χ3v) is 8.49. The number of rotatable bonds is 15. The lowest BCUT2D eigenvalue weighted by Crippen LogP contribution is -2.56. The Morgan fingerprint density at radius 1 is 1.15 bits per heavy atom. The average Bonchev–Trinajstić information content (AvgIpc) is 3.60. The summed E-state index contributed by atoms with van der Waals surface area (Å²) in [6, 6.07) is 6.35. The summed E-state index contributed by atoms with van der Waals surface area (Å²) >= 11 is 0. The molecule has 0 aliphatic carbocycles. The van der Waals surface area contributed by atoms with E-state index in [9.17, 15) is 19.5 Å². The first-order chi connectivity index (χ1) is 19.4. The van der Waals surface area contributed by atoms with Crippen molar-refractivity contribution in [1.29, 1.82) is 0 Å². The van der Waals surface area contributed by atoms with Gasteiger partial charge in [-0.25, -0.2) is 0 Å². The van der Waals surface area contributed by atoms with Crippen molar-refractivity contribution >= 4 is 23.4 Å². The van der Waals surface area contributed by atoms with Gasteiger partial charge in [-0.15, -0.1) is 13.2 Å². The molecule has 3 saturated heterocycles. The number of benzene rings is 1. The minimum Gasteiger partial charge on any atom is -0.497 e. The number of carbonyl (C=O) groups excluding carboxylic acids is 3. The number of aliphatic hydroxyl groups is 1. The number of aliphatic hydroxyl groups excluding tert-OH is 1. The van der Waals surface area contributed by atoms with Crippen LogP contribution in [0.4, 0.5) is 5.69 Å². The number of fused-ring (bicyclic) bond motifs is 1. The summed E-state index contributed by atoms with van der Waals surface area (Å²) in [6.45, 7) is 11.3. The number of amides is 3. The van der Waals surface area contributed by atoms with Crippen LogP contribution < -0.4 is 9.64 Å². The summed E-state index contributed by atoms with van der Waals surface area (Å²) in [6.07, 6.45) is 6.92. The van der Waals surface area contributed by atoms with Crippen LogP contribution in [0.2, 0.25) is 0 Å². The molecule has 5 atom stereocenters. The molecule has 0 aromatic heterocycles. The number of ether oxygens (including phenoxy) is 2. The van der Waals surface area contributed by atoms with Gasteiger partial charge in [0.1, 0.15) is 17.4 Å². The topological polar surface area (TPSA) is 99.6 Å². The van der Waals surface area contributed by atoms with Gasteiger partial charge < -0.3 is 29.3 Å². The quantitative estimate of drug-likeness (QED) is 0.265. The van der Waals surface area contributed by atoms with Gasteiger partial charge >= 0.3 is 0 Å². The summed E-state index contributed by atoms with van der Waals surface area (Å²) in [5, 5.41) is 9.27. The second-order valence-electron chi connectivity index (χ2n) is 10.9. The highest BCUT2D eigenvalue weighted by molar-refractivity contribution is 6.05. The van der Waals surface area contributed by atoms with E-state index in [4.69, 9.17) is 9.47 Å². The van der Waals surface area contributed by atoms with Crippen LogP contribution in [0.25, 0.3) is 0 Å². The number of unbranched alkanes of at least 4 members (excludes halogenated alkanes) is 2. The summed E-state index contributed by atoms with van der Waals surface area (Å²) in [5.74, 6) is -1.20. The fourth-order valence-corrected chi connectivity index (χ4v) is 6.81. The average molecular weight is 554 g/mol. The molecular formula is C31H43N3O6. The van der Waals surface area contributed by atoms with Crippen LogP contribution >= 0.6 is 0 Å². The maximum atomic E-state index is 14.5. The largest absolute Gasteiger partial charge is 0.497 e. The molecular weight excluding hydrogens is 510 g/mol. The number of nitrogens with zero attached hydrogens (tertiary/aromatic N) is 3. The van der Waals surface area contributed by atoms with Crippen LogP contribution in [-0.2, 0) is 19.1 Å². The minimum atomic E-state index is -1.06. The van der Waals surface area contributed by atoms with Crippen LogP contribution in [0, 0.1) is 11.8 Å². The number of anilines is 1. The van der Waals surface area contributed by atoms with Gasteiger partial charge in [0.15, 0.2) is 0 Å². The zero-order valence-electron chi connectivity index (χ0n) is 23.8. The van der Waals surface area contributed by atoms with E-state index < -0.39 is 29.6 Å². The Kier molecular flexibility index (Phi) is 9.68. The standard InChI is InChI=1S/C31H43N3O6/c1-5-17-32(18-6-2)28(36)25-24-15-16-31(40-24)26(25)29(37)34(20-9-8-10-21-35)27(31)30(38)33(19-7-3)22-11-13-23(39-4)14-12-22/h5,7,11-14,24-27,35H,1,3,6,8-10,15-21H2,2,4H3/t24-,25+,26+,27?,31?/m1/s1. The van der Waals surface area contributed by atoms with Crippen LogP contribution in [0.15, 0.2) is 49.6 Å². The van der Waals surface area contributed by atoms with Gasteiger partial charge in [0, 0.05) is 38.5 Å². The molecule has 0 saturated carbocycles. The zero-order valence-corrected chi connectivity index (χ0v) is 23.8. The van der Waals surface area contributed by atoms with Crippen LogP contribution in [0.1, 0.15) is 45.4 Å². The number of carbonyl (C=O) groups is 3. The Balaban J connectivity index is 1.72. The summed E-state index contributed by atoms with van der Waals surface area (Å²) in [5.41, 5.74) is -0.396. The maximum absolute atomic E-state index is 14.5. The molecule has 1 aromatic carbocycles. The van der Waals surface area contributed by atoms with Crippen molar-refractivity contribution in [2.75, 3.05) is 44.8 Å². The molecule has 40 heavy (non-hydrogen) atoms. The molecule has 3 aliphatic heterocycles. The van der Waals surface area contributed by atoms with Crippen LogP contribution in [0.5, 0.6) is 5.75 Å². The Hall–Kier alpha value is -3.17. The van der Waals surface area contributed by atoms with E-state index in [0.29, 0.717) is 56.8 Å². The molecule has 9 nitrogen and oxygen atoms in total. The second kappa shape index (κ2) is 13.0. The fraction of sp³-hybridized carbons (Fsp3) is 0.581. The summed E-state index contributed by atoms with van der Waals surface area (Å²) < 4.78 is 11.9. The van der Waals surface area contributed by atoms with Gasteiger partial charge in [0.05, 0.1) is 25.0 Å². The normalized spacial score (nSPS) is 26.5. The Labute approximate surface area is 237 Å². The van der Waals surface area contributed by atoms with Crippen molar-refractivity contribution in [3.05, 3.63) is 49.6 Å².